The lowest BCUT2D eigenvalue weighted by atomic mass is 10.2. The summed E-state index contributed by atoms with van der Waals surface area (Å²) in [6.07, 6.45) is 0. The first-order valence-corrected chi connectivity index (χ1v) is 7.94. The Morgan fingerprint density at radius 1 is 1.08 bits per heavy atom. The molecule has 0 unspecified atom stereocenters. The molecule has 0 bridgehead atoms. The van der Waals surface area contributed by atoms with Gasteiger partial charge < -0.3 is 15.4 Å². The van der Waals surface area contributed by atoms with Gasteiger partial charge in [0.15, 0.2) is 6.61 Å². The minimum absolute atomic E-state index is 0.113. The molecule has 2 N–H and O–H groups in total. The van der Waals surface area contributed by atoms with Crippen molar-refractivity contribution in [1.82, 2.24) is 0 Å². The second-order valence-electron chi connectivity index (χ2n) is 5.01. The lowest BCUT2D eigenvalue weighted by Gasteiger charge is -2.09. The van der Waals surface area contributed by atoms with Crippen LogP contribution in [0, 0.1) is 5.82 Å². The van der Waals surface area contributed by atoms with Crippen molar-refractivity contribution < 1.29 is 23.5 Å². The highest BCUT2D eigenvalue weighted by Gasteiger charge is 2.14. The molecule has 2 aromatic rings. The summed E-state index contributed by atoms with van der Waals surface area (Å²) in [5.74, 6) is -2.04. The summed E-state index contributed by atoms with van der Waals surface area (Å²) < 4.78 is 18.1. The summed E-state index contributed by atoms with van der Waals surface area (Å²) in [6, 6.07) is 10.0. The second kappa shape index (κ2) is 8.39. The molecule has 6 nitrogen and oxygen atoms in total. The third kappa shape index (κ3) is 5.68. The van der Waals surface area contributed by atoms with Crippen molar-refractivity contribution >= 4 is 45.1 Å². The summed E-state index contributed by atoms with van der Waals surface area (Å²) in [5.41, 5.74) is 1.08. The van der Waals surface area contributed by atoms with Gasteiger partial charge in [-0.3, -0.25) is 9.59 Å². The van der Waals surface area contributed by atoms with Crippen LogP contribution in [-0.2, 0) is 14.3 Å². The van der Waals surface area contributed by atoms with Crippen LogP contribution in [-0.4, -0.2) is 24.4 Å². The third-order valence-corrected chi connectivity index (χ3v) is 3.61. The second-order valence-corrected chi connectivity index (χ2v) is 5.86. The van der Waals surface area contributed by atoms with Crippen molar-refractivity contribution in [1.29, 1.82) is 0 Å². The van der Waals surface area contributed by atoms with Gasteiger partial charge in [0.1, 0.15) is 5.82 Å². The topological polar surface area (TPSA) is 84.5 Å². The van der Waals surface area contributed by atoms with E-state index in [1.165, 1.54) is 13.0 Å². The number of halogens is 2. The van der Waals surface area contributed by atoms with Crippen LogP contribution in [0.3, 0.4) is 0 Å². The third-order valence-electron chi connectivity index (χ3n) is 2.95. The Morgan fingerprint density at radius 2 is 1.76 bits per heavy atom. The van der Waals surface area contributed by atoms with Gasteiger partial charge in [-0.25, -0.2) is 9.18 Å². The maximum Gasteiger partial charge on any atom is 0.339 e. The van der Waals surface area contributed by atoms with Crippen molar-refractivity contribution in [2.24, 2.45) is 0 Å². The molecule has 2 amide bonds. The summed E-state index contributed by atoms with van der Waals surface area (Å²) in [7, 11) is 0. The molecule has 0 aliphatic rings. The molecule has 25 heavy (non-hydrogen) atoms. The van der Waals surface area contributed by atoms with E-state index < -0.39 is 24.3 Å². The van der Waals surface area contributed by atoms with Crippen LogP contribution in [0.25, 0.3) is 0 Å². The van der Waals surface area contributed by atoms with Gasteiger partial charge >= 0.3 is 5.97 Å². The predicted molar refractivity (Wildman–Crippen MR) is 93.8 cm³/mol. The summed E-state index contributed by atoms with van der Waals surface area (Å²) in [6.45, 7) is 0.866. The van der Waals surface area contributed by atoms with E-state index in [1.807, 2.05) is 0 Å². The van der Waals surface area contributed by atoms with Crippen LogP contribution in [0.15, 0.2) is 46.9 Å². The van der Waals surface area contributed by atoms with Crippen molar-refractivity contribution in [3.05, 3.63) is 58.3 Å². The zero-order chi connectivity index (χ0) is 18.4. The van der Waals surface area contributed by atoms with E-state index in [9.17, 15) is 18.8 Å². The molecule has 0 aromatic heterocycles. The van der Waals surface area contributed by atoms with Gasteiger partial charge in [-0.05, 0) is 52.3 Å². The SMILES string of the molecule is CC(=O)Nc1cccc(NC(=O)COC(=O)c2ccc(F)cc2Br)c1. The molecule has 0 saturated heterocycles. The van der Waals surface area contributed by atoms with Gasteiger partial charge in [0.2, 0.25) is 5.91 Å². The minimum Gasteiger partial charge on any atom is -0.452 e. The molecule has 130 valence electrons. The summed E-state index contributed by atoms with van der Waals surface area (Å²) in [5, 5.41) is 5.14. The first-order valence-electron chi connectivity index (χ1n) is 7.15. The Morgan fingerprint density at radius 3 is 2.40 bits per heavy atom. The van der Waals surface area contributed by atoms with Crippen LogP contribution in [0.4, 0.5) is 15.8 Å². The number of carbonyl (C=O) groups is 3. The van der Waals surface area contributed by atoms with Crippen LogP contribution in [0.2, 0.25) is 0 Å². The number of hydrogen-bond donors (Lipinski definition) is 2. The van der Waals surface area contributed by atoms with Crippen LogP contribution in [0.1, 0.15) is 17.3 Å². The van der Waals surface area contributed by atoms with Gasteiger partial charge in [0.05, 0.1) is 5.56 Å². The average Bonchev–Trinajstić information content (AvgIpc) is 2.52. The smallest absolute Gasteiger partial charge is 0.339 e. The fourth-order valence-electron chi connectivity index (χ4n) is 1.94. The number of nitrogens with one attached hydrogen (secondary N) is 2. The summed E-state index contributed by atoms with van der Waals surface area (Å²) in [4.78, 5) is 34.8. The zero-order valence-electron chi connectivity index (χ0n) is 13.1. The Hall–Kier alpha value is -2.74. The molecule has 2 rings (SSSR count). The lowest BCUT2D eigenvalue weighted by Crippen LogP contribution is -2.21. The maximum atomic E-state index is 13.0. The number of benzene rings is 2. The van der Waals surface area contributed by atoms with Gasteiger partial charge in [-0.1, -0.05) is 6.07 Å². The molecule has 8 heteroatoms. The molecule has 0 aliphatic heterocycles. The van der Waals surface area contributed by atoms with E-state index in [0.29, 0.717) is 11.4 Å². The fourth-order valence-corrected chi connectivity index (χ4v) is 2.45. The maximum absolute atomic E-state index is 13.0. The first-order chi connectivity index (χ1) is 11.8. The number of anilines is 2. The highest BCUT2D eigenvalue weighted by Crippen LogP contribution is 2.19. The molecule has 0 saturated carbocycles. The molecule has 0 atom stereocenters. The van der Waals surface area contributed by atoms with E-state index in [0.717, 1.165) is 12.1 Å². The van der Waals surface area contributed by atoms with Crippen molar-refractivity contribution in [2.75, 3.05) is 17.2 Å². The van der Waals surface area contributed by atoms with Crippen molar-refractivity contribution in [3.63, 3.8) is 0 Å². The molecule has 0 aliphatic carbocycles. The Kier molecular flexibility index (Phi) is 6.24. The number of carbonyl (C=O) groups excluding carboxylic acids is 3. The van der Waals surface area contributed by atoms with E-state index in [4.69, 9.17) is 4.74 Å². The van der Waals surface area contributed by atoms with Crippen LogP contribution < -0.4 is 10.6 Å². The van der Waals surface area contributed by atoms with Gasteiger partial charge in [-0.15, -0.1) is 0 Å². The average molecular weight is 409 g/mol. The molecule has 0 spiro atoms. The summed E-state index contributed by atoms with van der Waals surface area (Å²) >= 11 is 3.06. The molecular weight excluding hydrogens is 395 g/mol. The molecular formula is C17H14BrFN2O4. The zero-order valence-corrected chi connectivity index (χ0v) is 14.7. The quantitative estimate of drug-likeness (QED) is 0.742. The number of amides is 2. The predicted octanol–water partition coefficient (Wildman–Crippen LogP) is 3.34. The number of esters is 1. The molecule has 0 heterocycles. The minimum atomic E-state index is -0.756. The molecule has 0 radical (unpaired) electrons. The first kappa shape index (κ1) is 18.6. The normalized spacial score (nSPS) is 10.0. The van der Waals surface area contributed by atoms with E-state index in [2.05, 4.69) is 26.6 Å². The monoisotopic (exact) mass is 408 g/mol. The number of rotatable bonds is 5. The standard InChI is InChI=1S/C17H14BrFN2O4/c1-10(22)20-12-3-2-4-13(8-12)21-16(23)9-25-17(24)14-6-5-11(19)7-15(14)18/h2-8H,9H2,1H3,(H,20,22)(H,21,23). The highest BCUT2D eigenvalue weighted by atomic mass is 79.9. The Balaban J connectivity index is 1.92. The number of hydrogen-bond acceptors (Lipinski definition) is 4. The lowest BCUT2D eigenvalue weighted by molar-refractivity contribution is -0.119. The Labute approximate surface area is 151 Å². The van der Waals surface area contributed by atoms with Crippen LogP contribution >= 0.6 is 15.9 Å². The highest BCUT2D eigenvalue weighted by molar-refractivity contribution is 9.10. The van der Waals surface area contributed by atoms with Gasteiger partial charge in [0.25, 0.3) is 5.91 Å². The fraction of sp³-hybridized carbons (Fsp3) is 0.118. The molecule has 2 aromatic carbocycles. The largest absolute Gasteiger partial charge is 0.452 e. The number of ether oxygens (including phenoxy) is 1. The van der Waals surface area contributed by atoms with E-state index in [-0.39, 0.29) is 15.9 Å². The van der Waals surface area contributed by atoms with Crippen molar-refractivity contribution in [2.45, 2.75) is 6.92 Å². The van der Waals surface area contributed by atoms with Crippen molar-refractivity contribution in [3.8, 4) is 0 Å². The Bertz CT molecular complexity index is 826. The van der Waals surface area contributed by atoms with E-state index in [1.54, 1.807) is 24.3 Å². The van der Waals surface area contributed by atoms with E-state index >= 15 is 0 Å². The van der Waals surface area contributed by atoms with Gasteiger partial charge in [-0.2, -0.15) is 0 Å². The van der Waals surface area contributed by atoms with Gasteiger partial charge in [0, 0.05) is 22.8 Å². The molecule has 0 fully saturated rings. The van der Waals surface area contributed by atoms with Crippen LogP contribution in [0.5, 0.6) is 0 Å².